The Labute approximate surface area is 123 Å². The van der Waals surface area contributed by atoms with E-state index in [2.05, 4.69) is 31.9 Å². The molecule has 94 valence electrons. The molecule has 0 aromatic heterocycles. The molecule has 0 aliphatic rings. The van der Waals surface area contributed by atoms with Crippen LogP contribution in [0.15, 0.2) is 46.9 Å². The first-order valence-electron chi connectivity index (χ1n) is 5.45. The van der Waals surface area contributed by atoms with Crippen molar-refractivity contribution in [3.05, 3.63) is 58.3 Å². The molecule has 0 radical (unpaired) electrons. The van der Waals surface area contributed by atoms with E-state index in [9.17, 15) is 4.39 Å². The summed E-state index contributed by atoms with van der Waals surface area (Å²) in [4.78, 5) is 1.95. The van der Waals surface area contributed by atoms with Crippen LogP contribution in [0, 0.1) is 5.82 Å². The number of anilines is 2. The molecule has 2 aromatic rings. The van der Waals surface area contributed by atoms with Gasteiger partial charge in [0.2, 0.25) is 0 Å². The van der Waals surface area contributed by atoms with E-state index in [1.807, 2.05) is 36.2 Å². The van der Waals surface area contributed by atoms with E-state index in [4.69, 9.17) is 0 Å². The van der Waals surface area contributed by atoms with E-state index < -0.39 is 0 Å². The fourth-order valence-corrected chi connectivity index (χ4v) is 3.06. The van der Waals surface area contributed by atoms with E-state index in [0.717, 1.165) is 21.2 Å². The first-order chi connectivity index (χ1) is 8.61. The molecule has 0 N–H and O–H groups in total. The van der Waals surface area contributed by atoms with Gasteiger partial charge < -0.3 is 4.90 Å². The molecule has 0 amide bonds. The molecule has 2 rings (SSSR count). The van der Waals surface area contributed by atoms with Crippen molar-refractivity contribution in [3.8, 4) is 0 Å². The lowest BCUT2D eigenvalue weighted by molar-refractivity contribution is 0.628. The molecule has 0 bridgehead atoms. The third kappa shape index (κ3) is 2.93. The minimum Gasteiger partial charge on any atom is -0.345 e. The molecule has 1 nitrogen and oxygen atoms in total. The van der Waals surface area contributed by atoms with Crippen LogP contribution in [0.5, 0.6) is 0 Å². The highest BCUT2D eigenvalue weighted by molar-refractivity contribution is 9.10. The standard InChI is InChI=1S/C14H12Br2FN/c1-18(12-4-2-3-11(17)7-12)13-6-5-10(9-15)14(16)8-13/h2-8H,9H2,1H3. The molecule has 0 aliphatic heterocycles. The molecule has 0 saturated carbocycles. The minimum atomic E-state index is -0.226. The number of benzene rings is 2. The van der Waals surface area contributed by atoms with Crippen LogP contribution in [0.3, 0.4) is 0 Å². The maximum absolute atomic E-state index is 13.2. The van der Waals surface area contributed by atoms with Crippen molar-refractivity contribution in [1.82, 2.24) is 0 Å². The molecular weight excluding hydrogens is 361 g/mol. The van der Waals surface area contributed by atoms with Crippen LogP contribution >= 0.6 is 31.9 Å². The number of nitrogens with zero attached hydrogens (tertiary/aromatic N) is 1. The summed E-state index contributed by atoms with van der Waals surface area (Å²) in [6.07, 6.45) is 0. The van der Waals surface area contributed by atoms with Crippen LogP contribution in [0.1, 0.15) is 5.56 Å². The summed E-state index contributed by atoms with van der Waals surface area (Å²) in [5.41, 5.74) is 3.03. The maximum atomic E-state index is 13.2. The SMILES string of the molecule is CN(c1cccc(F)c1)c1ccc(CBr)c(Br)c1. The highest BCUT2D eigenvalue weighted by Gasteiger charge is 2.07. The predicted octanol–water partition coefficient (Wildman–Crippen LogP) is 5.25. The van der Waals surface area contributed by atoms with Gasteiger partial charge in [-0.3, -0.25) is 0 Å². The third-order valence-electron chi connectivity index (χ3n) is 2.76. The van der Waals surface area contributed by atoms with E-state index >= 15 is 0 Å². The number of hydrogen-bond acceptors (Lipinski definition) is 1. The highest BCUT2D eigenvalue weighted by atomic mass is 79.9. The quantitative estimate of drug-likeness (QED) is 0.665. The van der Waals surface area contributed by atoms with Gasteiger partial charge in [0.1, 0.15) is 5.82 Å². The first kappa shape index (κ1) is 13.6. The van der Waals surface area contributed by atoms with Gasteiger partial charge in [0.25, 0.3) is 0 Å². The van der Waals surface area contributed by atoms with Crippen molar-refractivity contribution >= 4 is 43.2 Å². The van der Waals surface area contributed by atoms with Crippen molar-refractivity contribution in [2.45, 2.75) is 5.33 Å². The number of rotatable bonds is 3. The summed E-state index contributed by atoms with van der Waals surface area (Å²) >= 11 is 6.96. The zero-order valence-corrected chi connectivity index (χ0v) is 13.0. The van der Waals surface area contributed by atoms with Crippen LogP contribution in [0.2, 0.25) is 0 Å². The van der Waals surface area contributed by atoms with Crippen LogP contribution in [0.25, 0.3) is 0 Å². The van der Waals surface area contributed by atoms with Gasteiger partial charge in [0, 0.05) is 28.2 Å². The van der Waals surface area contributed by atoms with Crippen molar-refractivity contribution < 1.29 is 4.39 Å². The van der Waals surface area contributed by atoms with Gasteiger partial charge in [-0.2, -0.15) is 0 Å². The smallest absolute Gasteiger partial charge is 0.125 e. The summed E-state index contributed by atoms with van der Waals surface area (Å²) in [5.74, 6) is -0.226. The summed E-state index contributed by atoms with van der Waals surface area (Å²) in [5, 5.41) is 0.803. The molecular formula is C14H12Br2FN. The van der Waals surface area contributed by atoms with Gasteiger partial charge in [0.05, 0.1) is 0 Å². The van der Waals surface area contributed by atoms with E-state index in [1.54, 1.807) is 6.07 Å². The van der Waals surface area contributed by atoms with E-state index in [0.29, 0.717) is 0 Å². The lowest BCUT2D eigenvalue weighted by Gasteiger charge is -2.20. The van der Waals surface area contributed by atoms with Crippen molar-refractivity contribution in [2.75, 3.05) is 11.9 Å². The summed E-state index contributed by atoms with van der Waals surface area (Å²) in [6, 6.07) is 12.7. The predicted molar refractivity (Wildman–Crippen MR) is 81.2 cm³/mol. The topological polar surface area (TPSA) is 3.24 Å². The molecule has 2 aromatic carbocycles. The monoisotopic (exact) mass is 371 g/mol. The fourth-order valence-electron chi connectivity index (χ4n) is 1.69. The molecule has 0 saturated heterocycles. The highest BCUT2D eigenvalue weighted by Crippen LogP contribution is 2.29. The fraction of sp³-hybridized carbons (Fsp3) is 0.143. The second kappa shape index (κ2) is 5.85. The summed E-state index contributed by atoms with van der Waals surface area (Å²) < 4.78 is 14.2. The first-order valence-corrected chi connectivity index (χ1v) is 7.37. The Kier molecular flexibility index (Phi) is 4.40. The lowest BCUT2D eigenvalue weighted by atomic mass is 10.2. The Balaban J connectivity index is 2.34. The Bertz CT molecular complexity index is 557. The Morgan fingerprint density at radius 3 is 2.44 bits per heavy atom. The molecule has 0 fully saturated rings. The number of alkyl halides is 1. The van der Waals surface area contributed by atoms with Gasteiger partial charge in [-0.25, -0.2) is 4.39 Å². The molecule has 0 unspecified atom stereocenters. The molecule has 4 heteroatoms. The van der Waals surface area contributed by atoms with Crippen molar-refractivity contribution in [1.29, 1.82) is 0 Å². The zero-order valence-electron chi connectivity index (χ0n) is 9.83. The molecule has 0 heterocycles. The van der Waals surface area contributed by atoms with Gasteiger partial charge in [-0.1, -0.05) is 44.0 Å². The van der Waals surface area contributed by atoms with E-state index in [1.165, 1.54) is 17.7 Å². The third-order valence-corrected chi connectivity index (χ3v) is 4.11. The number of hydrogen-bond donors (Lipinski definition) is 0. The van der Waals surface area contributed by atoms with Crippen LogP contribution < -0.4 is 4.90 Å². The molecule has 18 heavy (non-hydrogen) atoms. The minimum absolute atomic E-state index is 0.226. The molecule has 0 spiro atoms. The average Bonchev–Trinajstić information content (AvgIpc) is 2.37. The van der Waals surface area contributed by atoms with E-state index in [-0.39, 0.29) is 5.82 Å². The van der Waals surface area contributed by atoms with Crippen LogP contribution in [-0.4, -0.2) is 7.05 Å². The summed E-state index contributed by atoms with van der Waals surface area (Å²) in [6.45, 7) is 0. The Hall–Kier alpha value is -0.870. The van der Waals surface area contributed by atoms with Crippen LogP contribution in [0.4, 0.5) is 15.8 Å². The van der Waals surface area contributed by atoms with Gasteiger partial charge in [-0.05, 0) is 35.9 Å². The Morgan fingerprint density at radius 1 is 1.11 bits per heavy atom. The normalized spacial score (nSPS) is 10.4. The number of halogens is 3. The molecule has 0 atom stereocenters. The van der Waals surface area contributed by atoms with Gasteiger partial charge in [0.15, 0.2) is 0 Å². The summed E-state index contributed by atoms with van der Waals surface area (Å²) in [7, 11) is 1.92. The lowest BCUT2D eigenvalue weighted by Crippen LogP contribution is -2.09. The Morgan fingerprint density at radius 2 is 1.83 bits per heavy atom. The zero-order chi connectivity index (χ0) is 13.1. The van der Waals surface area contributed by atoms with Crippen molar-refractivity contribution in [2.24, 2.45) is 0 Å². The largest absolute Gasteiger partial charge is 0.345 e. The van der Waals surface area contributed by atoms with Gasteiger partial charge in [-0.15, -0.1) is 0 Å². The second-order valence-corrected chi connectivity index (χ2v) is 5.36. The second-order valence-electron chi connectivity index (χ2n) is 3.95. The molecule has 0 aliphatic carbocycles. The van der Waals surface area contributed by atoms with Gasteiger partial charge >= 0.3 is 0 Å². The van der Waals surface area contributed by atoms with Crippen molar-refractivity contribution in [3.63, 3.8) is 0 Å². The average molecular weight is 373 g/mol. The van der Waals surface area contributed by atoms with Crippen LogP contribution in [-0.2, 0) is 5.33 Å². The maximum Gasteiger partial charge on any atom is 0.125 e.